The number of aromatic nitrogens is 4. The first-order valence-corrected chi connectivity index (χ1v) is 11.0. The summed E-state index contributed by atoms with van der Waals surface area (Å²) in [6, 6.07) is 2.10. The molecule has 0 bridgehead atoms. The van der Waals surface area contributed by atoms with Gasteiger partial charge < -0.3 is 19.9 Å². The Morgan fingerprint density at radius 1 is 1.24 bits per heavy atom. The van der Waals surface area contributed by atoms with Crippen molar-refractivity contribution in [3.63, 3.8) is 0 Å². The molecule has 10 nitrogen and oxygen atoms in total. The number of carbonyl (C=O) groups excluding carboxylic acids is 2. The second kappa shape index (κ2) is 9.98. The number of halogens is 2. The topological polar surface area (TPSA) is 125 Å². The lowest BCUT2D eigenvalue weighted by Crippen LogP contribution is -2.45. The Hall–Kier alpha value is -3.83. The second-order valence-electron chi connectivity index (χ2n) is 8.05. The summed E-state index contributed by atoms with van der Waals surface area (Å²) in [5.41, 5.74) is 1.32. The van der Waals surface area contributed by atoms with Gasteiger partial charge in [0.1, 0.15) is 12.1 Å². The monoisotopic (exact) mass is 473 g/mol. The fourth-order valence-electron chi connectivity index (χ4n) is 3.82. The van der Waals surface area contributed by atoms with Gasteiger partial charge in [-0.05, 0) is 31.9 Å². The van der Waals surface area contributed by atoms with Crippen LogP contribution >= 0.6 is 0 Å². The molecule has 3 N–H and O–H groups in total. The van der Waals surface area contributed by atoms with Gasteiger partial charge in [0.25, 0.3) is 0 Å². The SMILES string of the molecule is CC(=O)Nc1nc(NCCCCCC(=O)N2c3ccc(F)c(F)c3OC[C@@H]2C)c2[nH]cnc2n1. The number of hydrogen-bond donors (Lipinski definition) is 3. The van der Waals surface area contributed by atoms with Crippen LogP contribution in [-0.2, 0) is 9.59 Å². The molecule has 0 aliphatic carbocycles. The number of H-pyrrole nitrogens is 1. The maximum absolute atomic E-state index is 14.1. The van der Waals surface area contributed by atoms with Crippen LogP contribution in [0.25, 0.3) is 11.2 Å². The minimum atomic E-state index is -1.08. The average molecular weight is 473 g/mol. The summed E-state index contributed by atoms with van der Waals surface area (Å²) in [7, 11) is 0. The third kappa shape index (κ3) is 4.90. The number of imidazole rings is 1. The van der Waals surface area contributed by atoms with Crippen LogP contribution in [0.1, 0.15) is 39.5 Å². The number of rotatable bonds is 8. The molecule has 0 saturated heterocycles. The van der Waals surface area contributed by atoms with Crippen LogP contribution in [0.2, 0.25) is 0 Å². The van der Waals surface area contributed by atoms with Crippen molar-refractivity contribution < 1.29 is 23.1 Å². The molecule has 3 aromatic rings. The molecule has 12 heteroatoms. The summed E-state index contributed by atoms with van der Waals surface area (Å²) in [5.74, 6) is -2.06. The zero-order valence-corrected chi connectivity index (χ0v) is 18.8. The van der Waals surface area contributed by atoms with Gasteiger partial charge in [0.15, 0.2) is 23.0 Å². The zero-order chi connectivity index (χ0) is 24.2. The second-order valence-corrected chi connectivity index (χ2v) is 8.05. The number of ether oxygens (including phenoxy) is 1. The minimum Gasteiger partial charge on any atom is -0.486 e. The first-order valence-electron chi connectivity index (χ1n) is 11.0. The Morgan fingerprint density at radius 2 is 2.06 bits per heavy atom. The Bertz CT molecular complexity index is 1220. The molecule has 0 radical (unpaired) electrons. The van der Waals surface area contributed by atoms with Crippen molar-refractivity contribution in [2.75, 3.05) is 28.7 Å². The van der Waals surface area contributed by atoms with Gasteiger partial charge in [0.2, 0.25) is 23.6 Å². The molecule has 1 aliphatic rings. The highest BCUT2D eigenvalue weighted by Gasteiger charge is 2.32. The molecule has 0 spiro atoms. The van der Waals surface area contributed by atoms with E-state index in [0.29, 0.717) is 29.9 Å². The molecule has 1 aliphatic heterocycles. The number of carbonyl (C=O) groups is 2. The number of aromatic amines is 1. The van der Waals surface area contributed by atoms with Crippen molar-refractivity contribution in [3.8, 4) is 5.75 Å². The van der Waals surface area contributed by atoms with Crippen LogP contribution in [0.5, 0.6) is 5.75 Å². The Labute approximate surface area is 194 Å². The predicted molar refractivity (Wildman–Crippen MR) is 122 cm³/mol. The molecular formula is C22H25F2N7O3. The maximum atomic E-state index is 14.1. The molecule has 1 aromatic carbocycles. The number of nitrogens with one attached hydrogen (secondary N) is 3. The highest BCUT2D eigenvalue weighted by molar-refractivity contribution is 5.96. The van der Waals surface area contributed by atoms with E-state index in [-0.39, 0.29) is 48.3 Å². The summed E-state index contributed by atoms with van der Waals surface area (Å²) in [5, 5.41) is 5.76. The number of amides is 2. The number of fused-ring (bicyclic) bond motifs is 2. The van der Waals surface area contributed by atoms with E-state index in [1.54, 1.807) is 6.92 Å². The largest absolute Gasteiger partial charge is 0.486 e. The molecule has 0 unspecified atom stereocenters. The fraction of sp³-hybridized carbons (Fsp3) is 0.409. The molecular weight excluding hydrogens is 448 g/mol. The first kappa shape index (κ1) is 23.3. The molecule has 3 heterocycles. The van der Waals surface area contributed by atoms with E-state index in [1.807, 2.05) is 0 Å². The molecule has 34 heavy (non-hydrogen) atoms. The molecule has 2 amide bonds. The van der Waals surface area contributed by atoms with Crippen LogP contribution in [0.3, 0.4) is 0 Å². The third-order valence-corrected chi connectivity index (χ3v) is 5.40. The van der Waals surface area contributed by atoms with Crippen LogP contribution in [0, 0.1) is 11.6 Å². The number of anilines is 3. The highest BCUT2D eigenvalue weighted by atomic mass is 19.2. The smallest absolute Gasteiger partial charge is 0.233 e. The molecule has 0 fully saturated rings. The normalized spacial score (nSPS) is 15.1. The van der Waals surface area contributed by atoms with Gasteiger partial charge in [-0.25, -0.2) is 9.37 Å². The van der Waals surface area contributed by atoms with E-state index in [2.05, 4.69) is 30.6 Å². The lowest BCUT2D eigenvalue weighted by molar-refractivity contribution is -0.119. The van der Waals surface area contributed by atoms with E-state index in [4.69, 9.17) is 4.74 Å². The van der Waals surface area contributed by atoms with Crippen molar-refractivity contribution in [1.82, 2.24) is 19.9 Å². The molecule has 1 atom stereocenters. The van der Waals surface area contributed by atoms with Crippen molar-refractivity contribution in [2.24, 2.45) is 0 Å². The van der Waals surface area contributed by atoms with Gasteiger partial charge in [-0.3, -0.25) is 14.9 Å². The van der Waals surface area contributed by atoms with E-state index >= 15 is 0 Å². The maximum Gasteiger partial charge on any atom is 0.233 e. The quantitative estimate of drug-likeness (QED) is 0.428. The van der Waals surface area contributed by atoms with Crippen LogP contribution in [-0.4, -0.2) is 50.9 Å². The van der Waals surface area contributed by atoms with Gasteiger partial charge in [-0.15, -0.1) is 0 Å². The Morgan fingerprint density at radius 3 is 2.85 bits per heavy atom. The highest BCUT2D eigenvalue weighted by Crippen LogP contribution is 2.37. The minimum absolute atomic E-state index is 0.102. The average Bonchev–Trinajstić information content (AvgIpc) is 3.26. The number of benzene rings is 1. The van der Waals surface area contributed by atoms with Crippen LogP contribution in [0.15, 0.2) is 18.5 Å². The Kier molecular flexibility index (Phi) is 6.85. The summed E-state index contributed by atoms with van der Waals surface area (Å²) < 4.78 is 32.9. The van der Waals surface area contributed by atoms with Gasteiger partial charge in [0.05, 0.1) is 18.1 Å². The van der Waals surface area contributed by atoms with Crippen molar-refractivity contribution in [1.29, 1.82) is 0 Å². The van der Waals surface area contributed by atoms with Gasteiger partial charge >= 0.3 is 0 Å². The Balaban J connectivity index is 1.29. The first-order chi connectivity index (χ1) is 16.3. The summed E-state index contributed by atoms with van der Waals surface area (Å²) in [4.78, 5) is 41.2. The molecule has 180 valence electrons. The number of hydrogen-bond acceptors (Lipinski definition) is 7. The summed E-state index contributed by atoms with van der Waals surface area (Å²) in [6.45, 7) is 3.86. The zero-order valence-electron chi connectivity index (χ0n) is 18.8. The lowest BCUT2D eigenvalue weighted by atomic mass is 10.1. The van der Waals surface area contributed by atoms with E-state index in [0.717, 1.165) is 18.9 Å². The van der Waals surface area contributed by atoms with Crippen molar-refractivity contribution >= 4 is 40.4 Å². The summed E-state index contributed by atoms with van der Waals surface area (Å²) >= 11 is 0. The lowest BCUT2D eigenvalue weighted by Gasteiger charge is -2.35. The van der Waals surface area contributed by atoms with Gasteiger partial charge in [-0.1, -0.05) is 6.42 Å². The van der Waals surface area contributed by atoms with Crippen molar-refractivity contribution in [2.45, 2.75) is 45.6 Å². The van der Waals surface area contributed by atoms with E-state index in [9.17, 15) is 18.4 Å². The van der Waals surface area contributed by atoms with Gasteiger partial charge in [0, 0.05) is 19.9 Å². The third-order valence-electron chi connectivity index (χ3n) is 5.40. The van der Waals surface area contributed by atoms with E-state index in [1.165, 1.54) is 24.2 Å². The number of unbranched alkanes of at least 4 members (excludes halogenated alkanes) is 2. The standard InChI is InChI=1S/C22H25F2N7O3/c1-12-10-34-19-15(8-7-14(23)17(19)24)31(12)16(33)6-4-3-5-9-25-20-18-21(27-11-26-18)30-22(29-20)28-13(2)32/h7-8,11-12H,3-6,9-10H2,1-2H3,(H3,25,26,27,28,29,30,32)/t12-/m0/s1. The fourth-order valence-corrected chi connectivity index (χ4v) is 3.82. The van der Waals surface area contributed by atoms with Crippen LogP contribution < -0.4 is 20.3 Å². The van der Waals surface area contributed by atoms with Crippen molar-refractivity contribution in [3.05, 3.63) is 30.1 Å². The van der Waals surface area contributed by atoms with Crippen LogP contribution in [0.4, 0.5) is 26.2 Å². The molecule has 0 saturated carbocycles. The molecule has 4 rings (SSSR count). The van der Waals surface area contributed by atoms with Gasteiger partial charge in [-0.2, -0.15) is 14.4 Å². The predicted octanol–water partition coefficient (Wildman–Crippen LogP) is 3.38. The van der Waals surface area contributed by atoms with E-state index < -0.39 is 11.6 Å². The molecule has 2 aromatic heterocycles. The summed E-state index contributed by atoms with van der Waals surface area (Å²) in [6.07, 6.45) is 3.92. The number of nitrogens with zero attached hydrogens (tertiary/aromatic N) is 4.